The normalized spacial score (nSPS) is 14.2. The van der Waals surface area contributed by atoms with Crippen LogP contribution in [0.3, 0.4) is 0 Å². The first kappa shape index (κ1) is 32.4. The fraction of sp³-hybridized carbons (Fsp3) is 1.00. The largest absolute Gasteiger partial charge is 0.500 e. The molecule has 0 bridgehead atoms. The zero-order valence-corrected chi connectivity index (χ0v) is 25.9. The van der Waals surface area contributed by atoms with Gasteiger partial charge in [0.2, 0.25) is 0 Å². The molecular weight excluding hydrogens is 457 g/mol. The van der Waals surface area contributed by atoms with Gasteiger partial charge in [0, 0.05) is 49.2 Å². The molecule has 0 rings (SSSR count). The van der Waals surface area contributed by atoms with Crippen molar-refractivity contribution in [2.75, 3.05) is 67.9 Å². The zero-order valence-electron chi connectivity index (χ0n) is 22.5. The van der Waals surface area contributed by atoms with Crippen LogP contribution in [0.1, 0.15) is 58.8 Å². The summed E-state index contributed by atoms with van der Waals surface area (Å²) in [5.74, 6) is 0. The van der Waals surface area contributed by atoms with E-state index in [2.05, 4.69) is 44.7 Å². The van der Waals surface area contributed by atoms with Crippen LogP contribution in [-0.4, -0.2) is 99.7 Å². The smallest absolute Gasteiger partial charge is 0.395 e. The van der Waals surface area contributed by atoms with E-state index in [1.165, 1.54) is 38.6 Å². The summed E-state index contributed by atoms with van der Waals surface area (Å²) in [7, 11) is 4.54. The Morgan fingerprint density at radius 3 is 1.94 bits per heavy atom. The third-order valence-electron chi connectivity index (χ3n) is 6.06. The lowest BCUT2D eigenvalue weighted by Gasteiger charge is -2.32. The second kappa shape index (κ2) is 19.7. The third-order valence-corrected chi connectivity index (χ3v) is 16.2. The Labute approximate surface area is 203 Å². The van der Waals surface area contributed by atoms with E-state index in [0.29, 0.717) is 5.16 Å². The van der Waals surface area contributed by atoms with Crippen LogP contribution in [0.25, 0.3) is 0 Å². The summed E-state index contributed by atoms with van der Waals surface area (Å²) in [5.41, 5.74) is 0. The molecule has 1 atom stereocenters. The van der Waals surface area contributed by atoms with Crippen molar-refractivity contribution in [3.63, 3.8) is 0 Å². The van der Waals surface area contributed by atoms with Crippen molar-refractivity contribution in [3.05, 3.63) is 0 Å². The van der Waals surface area contributed by atoms with Gasteiger partial charge in [0.1, 0.15) is 0 Å². The highest BCUT2D eigenvalue weighted by Crippen LogP contribution is 2.29. The molecule has 0 amide bonds. The summed E-state index contributed by atoms with van der Waals surface area (Å²) in [4.78, 5) is 2.26. The van der Waals surface area contributed by atoms with Crippen LogP contribution in [0.4, 0.5) is 0 Å². The monoisotopic (exact) mass is 510 g/mol. The van der Waals surface area contributed by atoms with Gasteiger partial charge in [-0.05, 0) is 79.1 Å². The Kier molecular flexibility index (Phi) is 19.9. The molecule has 0 saturated heterocycles. The molecule has 0 spiro atoms. The Hall–Kier alpha value is 0.371. The van der Waals surface area contributed by atoms with Gasteiger partial charge in [-0.3, -0.25) is 0 Å². The number of nitrogens with one attached hydrogen (secondary N) is 1. The third kappa shape index (κ3) is 13.9. The van der Waals surface area contributed by atoms with E-state index in [9.17, 15) is 0 Å². The van der Waals surface area contributed by atoms with Crippen molar-refractivity contribution in [2.45, 2.75) is 76.5 Å². The molecule has 10 heteroatoms. The van der Waals surface area contributed by atoms with E-state index in [4.69, 9.17) is 22.1 Å². The van der Waals surface area contributed by atoms with Crippen LogP contribution in [-0.2, 0) is 22.1 Å². The lowest BCUT2D eigenvalue weighted by atomic mass is 10.1. The summed E-state index contributed by atoms with van der Waals surface area (Å²) in [6.45, 7) is 9.95. The van der Waals surface area contributed by atoms with Gasteiger partial charge in [-0.25, -0.2) is 0 Å². The van der Waals surface area contributed by atoms with Gasteiger partial charge >= 0.3 is 17.4 Å². The van der Waals surface area contributed by atoms with E-state index in [0.717, 1.165) is 44.8 Å². The summed E-state index contributed by atoms with van der Waals surface area (Å²) in [6.07, 6.45) is 9.76. The lowest BCUT2D eigenvalue weighted by molar-refractivity contribution is 0.118. The molecule has 0 saturated carbocycles. The molecule has 0 radical (unpaired) electrons. The molecule has 32 heavy (non-hydrogen) atoms. The molecule has 1 N–H and O–H groups in total. The first-order valence-electron chi connectivity index (χ1n) is 12.6. The second-order valence-electron chi connectivity index (χ2n) is 8.91. The lowest BCUT2D eigenvalue weighted by Crippen LogP contribution is -2.51. The number of hydrogen-bond donors (Lipinski definition) is 1. The second-order valence-corrected chi connectivity index (χ2v) is 18.4. The summed E-state index contributed by atoms with van der Waals surface area (Å²) >= 11 is 0. The fourth-order valence-electron chi connectivity index (χ4n) is 4.33. The van der Waals surface area contributed by atoms with E-state index in [1.807, 2.05) is 0 Å². The number of hydrogen-bond acceptors (Lipinski definition) is 7. The Bertz CT molecular complexity index is 418. The highest BCUT2D eigenvalue weighted by atomic mass is 28.4. The summed E-state index contributed by atoms with van der Waals surface area (Å²) in [6, 6.07) is 1.04. The molecule has 0 aromatic rings. The highest BCUT2D eigenvalue weighted by molar-refractivity contribution is 6.73. The van der Waals surface area contributed by atoms with Crippen molar-refractivity contribution in [2.24, 2.45) is 0 Å². The predicted octanol–water partition coefficient (Wildman–Crippen LogP) is 3.35. The number of rotatable bonds is 23. The van der Waals surface area contributed by atoms with Gasteiger partial charge in [0.15, 0.2) is 0 Å². The van der Waals surface area contributed by atoms with Gasteiger partial charge in [0.25, 0.3) is 0 Å². The minimum atomic E-state index is -2.58. The Balaban J connectivity index is 4.42. The molecule has 0 aromatic heterocycles. The van der Waals surface area contributed by atoms with Crippen LogP contribution in [0.15, 0.2) is 0 Å². The molecule has 0 aliphatic heterocycles. The maximum atomic E-state index is 5.95. The van der Waals surface area contributed by atoms with E-state index in [-0.39, 0.29) is 0 Å². The van der Waals surface area contributed by atoms with E-state index < -0.39 is 26.9 Å². The number of nitrogens with zero attached hydrogens (tertiary/aromatic N) is 1. The molecule has 0 aliphatic rings. The molecule has 194 valence electrons. The predicted molar refractivity (Wildman–Crippen MR) is 142 cm³/mol. The molecule has 0 heterocycles. The first-order valence-corrected chi connectivity index (χ1v) is 18.8. The molecule has 7 nitrogen and oxygen atoms in total. The van der Waals surface area contributed by atoms with Crippen LogP contribution in [0.5, 0.6) is 0 Å². The summed E-state index contributed by atoms with van der Waals surface area (Å²) in [5, 5.41) is 4.13. The maximum absolute atomic E-state index is 5.95. The Morgan fingerprint density at radius 1 is 0.844 bits per heavy atom. The molecule has 1 unspecified atom stereocenters. The van der Waals surface area contributed by atoms with Gasteiger partial charge in [0.05, 0.1) is 0 Å². The average Bonchev–Trinajstić information content (AvgIpc) is 2.76. The van der Waals surface area contributed by atoms with E-state index in [1.54, 1.807) is 21.3 Å². The van der Waals surface area contributed by atoms with Crippen molar-refractivity contribution in [1.82, 2.24) is 10.2 Å². The van der Waals surface area contributed by atoms with Crippen LogP contribution in [0, 0.1) is 0 Å². The van der Waals surface area contributed by atoms with Gasteiger partial charge in [-0.1, -0.05) is 25.7 Å². The molecular formula is C22H54N2O5Si3. The van der Waals surface area contributed by atoms with Crippen molar-refractivity contribution >= 4 is 26.9 Å². The van der Waals surface area contributed by atoms with Gasteiger partial charge in [-0.2, -0.15) is 0 Å². The molecule has 0 aromatic carbocycles. The minimum Gasteiger partial charge on any atom is -0.395 e. The van der Waals surface area contributed by atoms with Crippen LogP contribution < -0.4 is 5.32 Å². The average molecular weight is 511 g/mol. The first-order chi connectivity index (χ1) is 15.3. The zero-order chi connectivity index (χ0) is 24.3. The standard InChI is InChI=1S/C22H54N2O5Si3/c1-9-28-31(8,29-10-2)20-16-18-23-21-30-22(32(25-5,26-6)27-7)17-14-12-11-13-15-19-24(3)4/h22-23H,9-21,30H2,1-8H3. The fourth-order valence-corrected chi connectivity index (χ4v) is 13.5. The quantitative estimate of drug-likeness (QED) is 0.167. The van der Waals surface area contributed by atoms with Gasteiger partial charge < -0.3 is 32.3 Å². The minimum absolute atomic E-state index is 0.430. The molecule has 0 fully saturated rings. The van der Waals surface area contributed by atoms with Crippen LogP contribution >= 0.6 is 0 Å². The van der Waals surface area contributed by atoms with Crippen molar-refractivity contribution in [3.8, 4) is 0 Å². The molecule has 0 aliphatic carbocycles. The van der Waals surface area contributed by atoms with Gasteiger partial charge in [-0.15, -0.1) is 0 Å². The number of unbranched alkanes of at least 4 members (excludes halogenated alkanes) is 4. The highest BCUT2D eigenvalue weighted by Gasteiger charge is 2.46. The van der Waals surface area contributed by atoms with E-state index >= 15 is 0 Å². The van der Waals surface area contributed by atoms with Crippen molar-refractivity contribution < 1.29 is 22.1 Å². The van der Waals surface area contributed by atoms with Crippen LogP contribution in [0.2, 0.25) is 17.8 Å². The summed E-state index contributed by atoms with van der Waals surface area (Å²) < 4.78 is 29.5. The topological polar surface area (TPSA) is 61.4 Å². The Morgan fingerprint density at radius 2 is 1.41 bits per heavy atom. The van der Waals surface area contributed by atoms with Crippen molar-refractivity contribution in [1.29, 1.82) is 0 Å². The maximum Gasteiger partial charge on any atom is 0.500 e. The SMILES string of the molecule is CCO[Si](C)(CCCNC[SiH2]C(CCCCCCCN(C)C)[Si](OC)(OC)OC)OCC.